The number of allylic oxidation sites excluding steroid dienone is 1. The zero-order valence-electron chi connectivity index (χ0n) is 15.3. The molecule has 0 bridgehead atoms. The Labute approximate surface area is 176 Å². The summed E-state index contributed by atoms with van der Waals surface area (Å²) in [6.07, 6.45) is 0. The molecule has 29 heavy (non-hydrogen) atoms. The van der Waals surface area contributed by atoms with E-state index in [0.29, 0.717) is 11.3 Å². The predicted molar refractivity (Wildman–Crippen MR) is 116 cm³/mol. The number of carbonyl (C=O) groups excluding carboxylic acids is 1. The normalized spacial score (nSPS) is 18.3. The van der Waals surface area contributed by atoms with Crippen LogP contribution in [0.1, 0.15) is 17.2 Å². The highest BCUT2D eigenvalue weighted by atomic mass is 79.9. The summed E-state index contributed by atoms with van der Waals surface area (Å²) in [5.41, 5.74) is 2.44. The van der Waals surface area contributed by atoms with Crippen LogP contribution < -0.4 is 4.90 Å². The Morgan fingerprint density at radius 1 is 0.966 bits per heavy atom. The smallest absolute Gasteiger partial charge is 0.210 e. The van der Waals surface area contributed by atoms with E-state index in [9.17, 15) is 14.3 Å². The lowest BCUT2D eigenvalue weighted by molar-refractivity contribution is -0.111. The molecule has 0 aliphatic carbocycles. The van der Waals surface area contributed by atoms with Crippen LogP contribution in [0.15, 0.2) is 101 Å². The Morgan fingerprint density at radius 3 is 2.21 bits per heavy atom. The van der Waals surface area contributed by atoms with Gasteiger partial charge in [0.2, 0.25) is 5.78 Å². The molecule has 1 N–H and O–H groups in total. The Kier molecular flexibility index (Phi) is 5.07. The van der Waals surface area contributed by atoms with Gasteiger partial charge >= 0.3 is 0 Å². The third-order valence-corrected chi connectivity index (χ3v) is 5.45. The molecule has 0 amide bonds. The number of anilines is 1. The monoisotopic (exact) mass is 449 g/mol. The molecule has 1 unspecified atom stereocenters. The summed E-state index contributed by atoms with van der Waals surface area (Å²) in [5, 5.41) is 11.0. The average molecular weight is 450 g/mol. The summed E-state index contributed by atoms with van der Waals surface area (Å²) in [4.78, 5) is 14.9. The highest BCUT2D eigenvalue weighted by molar-refractivity contribution is 9.10. The highest BCUT2D eigenvalue weighted by Crippen LogP contribution is 2.45. The minimum absolute atomic E-state index is 0.0886. The average Bonchev–Trinajstić information content (AvgIpc) is 3.00. The lowest BCUT2D eigenvalue weighted by Crippen LogP contribution is -2.22. The van der Waals surface area contributed by atoms with Gasteiger partial charge in [0.1, 0.15) is 11.6 Å². The van der Waals surface area contributed by atoms with Crippen LogP contribution in [0.2, 0.25) is 0 Å². The highest BCUT2D eigenvalue weighted by Gasteiger charge is 2.43. The van der Waals surface area contributed by atoms with Crippen molar-refractivity contribution in [2.45, 2.75) is 6.04 Å². The fourth-order valence-corrected chi connectivity index (χ4v) is 3.79. The molecular weight excluding hydrogens is 433 g/mol. The molecule has 4 rings (SSSR count). The van der Waals surface area contributed by atoms with E-state index in [-0.39, 0.29) is 28.6 Å². The Bertz CT molecular complexity index is 1110. The molecule has 1 atom stereocenters. The molecule has 3 aromatic rings. The molecule has 3 aromatic carbocycles. The van der Waals surface area contributed by atoms with Gasteiger partial charge < -0.3 is 10.0 Å². The standard InChI is InChI=1S/C24H17BrFNO2/c1-15-23(28)21(24(29)17-5-3-2-4-6-17)22(16-7-9-18(25)10-8-16)27(15)20-13-11-19(26)12-14-20/h2-14,22,29H,1H2/b24-21-. The van der Waals surface area contributed by atoms with Crippen molar-refractivity contribution in [1.29, 1.82) is 0 Å². The van der Waals surface area contributed by atoms with Crippen molar-refractivity contribution in [1.82, 2.24) is 0 Å². The zero-order chi connectivity index (χ0) is 20.5. The van der Waals surface area contributed by atoms with E-state index < -0.39 is 6.04 Å². The van der Waals surface area contributed by atoms with Gasteiger partial charge in [0.25, 0.3) is 0 Å². The first kappa shape index (κ1) is 19.2. The summed E-state index contributed by atoms with van der Waals surface area (Å²) in [6, 6.07) is 21.7. The van der Waals surface area contributed by atoms with Crippen molar-refractivity contribution >= 4 is 33.2 Å². The summed E-state index contributed by atoms with van der Waals surface area (Å²) in [7, 11) is 0. The van der Waals surface area contributed by atoms with Gasteiger partial charge in [-0.1, -0.05) is 65.0 Å². The molecular formula is C24H17BrFNO2. The number of carbonyl (C=O) groups is 1. The first-order valence-corrected chi connectivity index (χ1v) is 9.79. The lowest BCUT2D eigenvalue weighted by atomic mass is 9.95. The maximum Gasteiger partial charge on any atom is 0.210 e. The van der Waals surface area contributed by atoms with Crippen LogP contribution in [0.25, 0.3) is 5.76 Å². The van der Waals surface area contributed by atoms with Crippen LogP contribution in [-0.2, 0) is 4.79 Å². The van der Waals surface area contributed by atoms with Crippen LogP contribution in [0, 0.1) is 5.82 Å². The summed E-state index contributed by atoms with van der Waals surface area (Å²) in [6.45, 7) is 3.96. The number of aliphatic hydroxyl groups is 1. The van der Waals surface area contributed by atoms with Crippen molar-refractivity contribution in [3.05, 3.63) is 118 Å². The molecule has 1 heterocycles. The minimum Gasteiger partial charge on any atom is -0.507 e. The van der Waals surface area contributed by atoms with E-state index >= 15 is 0 Å². The fourth-order valence-electron chi connectivity index (χ4n) is 3.53. The number of Topliss-reactive ketones (excluding diaryl/α,β-unsaturated/α-hetero) is 1. The molecule has 5 heteroatoms. The van der Waals surface area contributed by atoms with Crippen molar-refractivity contribution in [2.24, 2.45) is 0 Å². The second kappa shape index (κ2) is 7.68. The second-order valence-electron chi connectivity index (χ2n) is 6.70. The van der Waals surface area contributed by atoms with Crippen molar-refractivity contribution in [3.63, 3.8) is 0 Å². The lowest BCUT2D eigenvalue weighted by Gasteiger charge is -2.27. The predicted octanol–water partition coefficient (Wildman–Crippen LogP) is 6.20. The molecule has 1 fully saturated rings. The van der Waals surface area contributed by atoms with Crippen LogP contribution in [0.3, 0.4) is 0 Å². The summed E-state index contributed by atoms with van der Waals surface area (Å²) < 4.78 is 14.4. The summed E-state index contributed by atoms with van der Waals surface area (Å²) in [5.74, 6) is -0.800. The first-order chi connectivity index (χ1) is 14.0. The van der Waals surface area contributed by atoms with E-state index in [0.717, 1.165) is 10.0 Å². The van der Waals surface area contributed by atoms with Crippen molar-refractivity contribution in [3.8, 4) is 0 Å². The molecule has 1 aliphatic rings. The number of hydrogen-bond donors (Lipinski definition) is 1. The van der Waals surface area contributed by atoms with E-state index in [4.69, 9.17) is 0 Å². The van der Waals surface area contributed by atoms with Gasteiger partial charge in [-0.25, -0.2) is 4.39 Å². The van der Waals surface area contributed by atoms with Gasteiger partial charge in [-0.2, -0.15) is 0 Å². The first-order valence-electron chi connectivity index (χ1n) is 9.00. The summed E-state index contributed by atoms with van der Waals surface area (Å²) >= 11 is 3.43. The molecule has 3 nitrogen and oxygen atoms in total. The number of hydrogen-bond acceptors (Lipinski definition) is 3. The van der Waals surface area contributed by atoms with Gasteiger partial charge in [0.05, 0.1) is 17.3 Å². The third-order valence-electron chi connectivity index (χ3n) is 4.92. The molecule has 1 saturated heterocycles. The number of halogens is 2. The molecule has 144 valence electrons. The van der Waals surface area contributed by atoms with Crippen LogP contribution >= 0.6 is 15.9 Å². The second-order valence-corrected chi connectivity index (χ2v) is 7.62. The number of aliphatic hydroxyl groups excluding tert-OH is 1. The van der Waals surface area contributed by atoms with Gasteiger partial charge in [-0.15, -0.1) is 0 Å². The number of ketones is 1. The maximum absolute atomic E-state index is 13.5. The molecule has 0 aromatic heterocycles. The van der Waals surface area contributed by atoms with Gasteiger partial charge in [-0.3, -0.25) is 4.79 Å². The minimum atomic E-state index is -0.589. The van der Waals surface area contributed by atoms with Gasteiger partial charge in [0.15, 0.2) is 0 Å². The van der Waals surface area contributed by atoms with Crippen LogP contribution in [-0.4, -0.2) is 10.9 Å². The molecule has 1 aliphatic heterocycles. The van der Waals surface area contributed by atoms with E-state index in [2.05, 4.69) is 22.5 Å². The van der Waals surface area contributed by atoms with Gasteiger partial charge in [0, 0.05) is 15.7 Å². The maximum atomic E-state index is 13.5. The van der Waals surface area contributed by atoms with Crippen LogP contribution in [0.4, 0.5) is 10.1 Å². The largest absolute Gasteiger partial charge is 0.507 e. The number of nitrogens with zero attached hydrogens (tertiary/aromatic N) is 1. The van der Waals surface area contributed by atoms with Crippen molar-refractivity contribution < 1.29 is 14.3 Å². The van der Waals surface area contributed by atoms with Crippen LogP contribution in [0.5, 0.6) is 0 Å². The zero-order valence-corrected chi connectivity index (χ0v) is 16.9. The number of benzene rings is 3. The van der Waals surface area contributed by atoms with Gasteiger partial charge in [-0.05, 0) is 42.0 Å². The number of rotatable bonds is 3. The Hall–Kier alpha value is -3.18. The quantitative estimate of drug-likeness (QED) is 0.382. The topological polar surface area (TPSA) is 40.5 Å². The van der Waals surface area contributed by atoms with Crippen molar-refractivity contribution in [2.75, 3.05) is 4.90 Å². The van der Waals surface area contributed by atoms with E-state index in [1.54, 1.807) is 41.3 Å². The molecule has 0 spiro atoms. The Morgan fingerprint density at radius 2 is 1.59 bits per heavy atom. The van der Waals surface area contributed by atoms with E-state index in [1.807, 2.05) is 30.3 Å². The Balaban J connectivity index is 1.94. The molecule has 0 radical (unpaired) electrons. The third kappa shape index (κ3) is 3.49. The fraction of sp³-hybridized carbons (Fsp3) is 0.0417. The van der Waals surface area contributed by atoms with E-state index in [1.165, 1.54) is 12.1 Å². The molecule has 0 saturated carbocycles. The SMILES string of the molecule is C=C1C(=O)/C(=C(\O)c2ccccc2)C(c2ccc(Br)cc2)N1c1ccc(F)cc1.